The lowest BCUT2D eigenvalue weighted by Crippen LogP contribution is -2.46. The van der Waals surface area contributed by atoms with Gasteiger partial charge in [-0.25, -0.2) is 9.48 Å². The third kappa shape index (κ3) is 4.64. The van der Waals surface area contributed by atoms with Gasteiger partial charge in [-0.05, 0) is 26.5 Å². The van der Waals surface area contributed by atoms with Crippen molar-refractivity contribution in [3.05, 3.63) is 52.2 Å². The van der Waals surface area contributed by atoms with Gasteiger partial charge >= 0.3 is 5.69 Å². The van der Waals surface area contributed by atoms with Crippen molar-refractivity contribution in [2.24, 2.45) is 0 Å². The Morgan fingerprint density at radius 2 is 2.04 bits per heavy atom. The van der Waals surface area contributed by atoms with Gasteiger partial charge in [0, 0.05) is 19.7 Å². The molecule has 146 valence electrons. The van der Waals surface area contributed by atoms with E-state index in [0.29, 0.717) is 19.0 Å². The van der Waals surface area contributed by atoms with Crippen LogP contribution in [-0.2, 0) is 22.6 Å². The zero-order valence-electron chi connectivity index (χ0n) is 16.1. The highest BCUT2D eigenvalue weighted by Crippen LogP contribution is 2.12. The number of nitrogens with zero attached hydrogens (tertiary/aromatic N) is 4. The van der Waals surface area contributed by atoms with Crippen LogP contribution in [0.1, 0.15) is 18.3 Å². The summed E-state index contributed by atoms with van der Waals surface area (Å²) in [5.41, 5.74) is 0.733. The molecule has 2 atom stereocenters. The van der Waals surface area contributed by atoms with Crippen molar-refractivity contribution in [1.29, 1.82) is 0 Å². The van der Waals surface area contributed by atoms with Gasteiger partial charge in [-0.2, -0.15) is 5.10 Å². The van der Waals surface area contributed by atoms with E-state index in [1.54, 1.807) is 11.5 Å². The third-order valence-corrected chi connectivity index (χ3v) is 4.76. The number of likely N-dealkylation sites (N-methyl/N-ethyl adjacent to an activating group) is 1. The summed E-state index contributed by atoms with van der Waals surface area (Å²) in [6.07, 6.45) is -0.0296. The molecule has 1 fully saturated rings. The van der Waals surface area contributed by atoms with Crippen LogP contribution in [0.4, 0.5) is 0 Å². The number of rotatable bonds is 7. The Morgan fingerprint density at radius 1 is 1.30 bits per heavy atom. The summed E-state index contributed by atoms with van der Waals surface area (Å²) in [6.45, 7) is 6.17. The number of aromatic nitrogens is 3. The third-order valence-electron chi connectivity index (χ3n) is 4.76. The highest BCUT2D eigenvalue weighted by Gasteiger charge is 2.32. The Hall–Kier alpha value is -2.45. The first-order chi connectivity index (χ1) is 13.0. The summed E-state index contributed by atoms with van der Waals surface area (Å²) in [5, 5.41) is 7.24. The van der Waals surface area contributed by atoms with E-state index >= 15 is 0 Å². The minimum atomic E-state index is -0.281. The van der Waals surface area contributed by atoms with Gasteiger partial charge in [0.05, 0.1) is 18.7 Å². The van der Waals surface area contributed by atoms with Crippen molar-refractivity contribution in [1.82, 2.24) is 24.6 Å². The van der Waals surface area contributed by atoms with Crippen LogP contribution in [0.3, 0.4) is 0 Å². The topological polar surface area (TPSA) is 81.4 Å². The lowest BCUT2D eigenvalue weighted by Gasteiger charge is -2.19. The summed E-state index contributed by atoms with van der Waals surface area (Å²) in [5.74, 6) is 0.357. The molecule has 0 radical (unpaired) electrons. The minimum Gasteiger partial charge on any atom is -0.375 e. The van der Waals surface area contributed by atoms with Crippen LogP contribution in [0.15, 0.2) is 35.1 Å². The fourth-order valence-electron chi connectivity index (χ4n) is 3.47. The highest BCUT2D eigenvalue weighted by atomic mass is 16.5. The smallest absolute Gasteiger partial charge is 0.346 e. The maximum absolute atomic E-state index is 12.6. The molecular weight excluding hydrogens is 346 g/mol. The summed E-state index contributed by atoms with van der Waals surface area (Å²) in [4.78, 5) is 27.2. The van der Waals surface area contributed by atoms with E-state index in [1.165, 1.54) is 4.68 Å². The van der Waals surface area contributed by atoms with Crippen LogP contribution in [0, 0.1) is 6.92 Å². The van der Waals surface area contributed by atoms with Gasteiger partial charge in [0.1, 0.15) is 12.4 Å². The second-order valence-corrected chi connectivity index (χ2v) is 6.95. The maximum atomic E-state index is 12.6. The fraction of sp³-hybridized carbons (Fsp3) is 0.526. The molecule has 0 spiro atoms. The molecule has 0 saturated carbocycles. The number of hydrogen-bond donors (Lipinski definition) is 1. The molecule has 2 unspecified atom stereocenters. The van der Waals surface area contributed by atoms with Crippen LogP contribution in [0.25, 0.3) is 0 Å². The van der Waals surface area contributed by atoms with E-state index in [-0.39, 0.29) is 30.3 Å². The Balaban J connectivity index is 1.66. The van der Waals surface area contributed by atoms with Crippen molar-refractivity contribution < 1.29 is 9.53 Å². The van der Waals surface area contributed by atoms with Crippen LogP contribution in [-0.4, -0.2) is 64.0 Å². The molecule has 0 aliphatic carbocycles. The number of ether oxygens (including phenoxy) is 1. The predicted octanol–water partition coefficient (Wildman–Crippen LogP) is 0.237. The molecule has 1 aromatic carbocycles. The van der Waals surface area contributed by atoms with Crippen molar-refractivity contribution in [3.8, 4) is 0 Å². The number of hydrogen-bond acceptors (Lipinski definition) is 5. The van der Waals surface area contributed by atoms with E-state index in [0.717, 1.165) is 18.7 Å². The Bertz CT molecular complexity index is 830. The van der Waals surface area contributed by atoms with Gasteiger partial charge in [0.15, 0.2) is 0 Å². The maximum Gasteiger partial charge on any atom is 0.346 e. The van der Waals surface area contributed by atoms with Crippen molar-refractivity contribution in [2.75, 3.05) is 26.7 Å². The second kappa shape index (κ2) is 8.49. The standard InChI is InChI=1S/C19H27N5O3/c1-4-27-17-12-22(3)11-16(17)20-18(25)13-24-19(26)23(14(2)21-24)10-15-8-6-5-7-9-15/h5-9,16-17H,4,10-13H2,1-3H3,(H,20,25). The van der Waals surface area contributed by atoms with Gasteiger partial charge in [-0.1, -0.05) is 30.3 Å². The van der Waals surface area contributed by atoms with Crippen molar-refractivity contribution in [3.63, 3.8) is 0 Å². The molecule has 1 saturated heterocycles. The number of aryl methyl sites for hydroxylation is 1. The molecule has 27 heavy (non-hydrogen) atoms. The average Bonchev–Trinajstić information content (AvgIpc) is 3.10. The molecule has 2 heterocycles. The zero-order chi connectivity index (χ0) is 19.4. The first kappa shape index (κ1) is 19.3. The molecule has 0 bridgehead atoms. The molecule has 2 aromatic rings. The van der Waals surface area contributed by atoms with Crippen molar-refractivity contribution >= 4 is 5.91 Å². The monoisotopic (exact) mass is 373 g/mol. The summed E-state index contributed by atoms with van der Waals surface area (Å²) in [7, 11) is 2.00. The Kier molecular flexibility index (Phi) is 6.08. The van der Waals surface area contributed by atoms with Crippen LogP contribution < -0.4 is 11.0 Å². The molecule has 1 aliphatic heterocycles. The lowest BCUT2D eigenvalue weighted by atomic mass is 10.2. The molecular formula is C19H27N5O3. The minimum absolute atomic E-state index is 0.0296. The largest absolute Gasteiger partial charge is 0.375 e. The van der Waals surface area contributed by atoms with Crippen LogP contribution in [0.2, 0.25) is 0 Å². The second-order valence-electron chi connectivity index (χ2n) is 6.95. The lowest BCUT2D eigenvalue weighted by molar-refractivity contribution is -0.123. The van der Waals surface area contributed by atoms with E-state index in [2.05, 4.69) is 15.3 Å². The number of nitrogens with one attached hydrogen (secondary N) is 1. The van der Waals surface area contributed by atoms with Gasteiger partial charge in [0.25, 0.3) is 0 Å². The Labute approximate surface area is 158 Å². The number of benzene rings is 1. The molecule has 3 rings (SSSR count). The predicted molar refractivity (Wildman–Crippen MR) is 102 cm³/mol. The number of carbonyl (C=O) groups excluding carboxylic acids is 1. The van der Waals surface area contributed by atoms with Gasteiger partial charge in [-0.3, -0.25) is 9.36 Å². The molecule has 8 nitrogen and oxygen atoms in total. The quantitative estimate of drug-likeness (QED) is 0.752. The molecule has 8 heteroatoms. The van der Waals surface area contributed by atoms with E-state index < -0.39 is 0 Å². The summed E-state index contributed by atoms with van der Waals surface area (Å²) < 4.78 is 8.51. The summed E-state index contributed by atoms with van der Waals surface area (Å²) in [6, 6.07) is 9.64. The highest BCUT2D eigenvalue weighted by molar-refractivity contribution is 5.76. The van der Waals surface area contributed by atoms with Crippen LogP contribution >= 0.6 is 0 Å². The van der Waals surface area contributed by atoms with Gasteiger partial charge < -0.3 is 15.0 Å². The van der Waals surface area contributed by atoms with Gasteiger partial charge in [-0.15, -0.1) is 0 Å². The zero-order valence-corrected chi connectivity index (χ0v) is 16.1. The van der Waals surface area contributed by atoms with Gasteiger partial charge in [0.2, 0.25) is 5.91 Å². The summed E-state index contributed by atoms with van der Waals surface area (Å²) >= 11 is 0. The molecule has 1 amide bonds. The normalized spacial score (nSPS) is 20.1. The Morgan fingerprint density at radius 3 is 2.74 bits per heavy atom. The first-order valence-electron chi connectivity index (χ1n) is 9.25. The van der Waals surface area contributed by atoms with E-state index in [1.807, 2.05) is 44.3 Å². The first-order valence-corrected chi connectivity index (χ1v) is 9.25. The molecule has 1 aliphatic rings. The van der Waals surface area contributed by atoms with Crippen LogP contribution in [0.5, 0.6) is 0 Å². The molecule has 1 aromatic heterocycles. The number of carbonyl (C=O) groups is 1. The molecule has 1 N–H and O–H groups in total. The van der Waals surface area contributed by atoms with E-state index in [4.69, 9.17) is 4.74 Å². The van der Waals surface area contributed by atoms with Crippen molar-refractivity contribution in [2.45, 2.75) is 39.1 Å². The number of likely N-dealkylation sites (tertiary alicyclic amines) is 1. The fourth-order valence-corrected chi connectivity index (χ4v) is 3.47. The average molecular weight is 373 g/mol. The SMILES string of the molecule is CCOC1CN(C)CC1NC(=O)Cn1nc(C)n(Cc2ccccc2)c1=O. The van der Waals surface area contributed by atoms with E-state index in [9.17, 15) is 9.59 Å². The number of amides is 1.